The van der Waals surface area contributed by atoms with Crippen molar-refractivity contribution in [2.45, 2.75) is 38.8 Å². The van der Waals surface area contributed by atoms with Crippen molar-refractivity contribution in [2.24, 2.45) is 0 Å². The van der Waals surface area contributed by atoms with Gasteiger partial charge in [-0.1, -0.05) is 12.1 Å². The van der Waals surface area contributed by atoms with Crippen molar-refractivity contribution in [3.05, 3.63) is 48.5 Å². The highest BCUT2D eigenvalue weighted by atomic mass is 16.3. The lowest BCUT2D eigenvalue weighted by atomic mass is 10.1. The van der Waals surface area contributed by atoms with Gasteiger partial charge in [0.1, 0.15) is 5.75 Å². The first kappa shape index (κ1) is 14.6. The third-order valence-corrected chi connectivity index (χ3v) is 3.37. The van der Waals surface area contributed by atoms with Crippen LogP contribution in [-0.2, 0) is 13.0 Å². The molecule has 0 bridgehead atoms. The van der Waals surface area contributed by atoms with Crippen molar-refractivity contribution in [1.29, 1.82) is 0 Å². The van der Waals surface area contributed by atoms with Gasteiger partial charge in [-0.05, 0) is 50.4 Å². The summed E-state index contributed by atoms with van der Waals surface area (Å²) < 4.78 is 2.11. The SMILES string of the molecule is CC(Cc1ccc(O)cc1)NCCCCn1ccnc1. The molecule has 0 spiro atoms. The summed E-state index contributed by atoms with van der Waals surface area (Å²) in [5.74, 6) is 0.328. The molecule has 2 aromatic rings. The van der Waals surface area contributed by atoms with Crippen molar-refractivity contribution < 1.29 is 5.11 Å². The first-order valence-electron chi connectivity index (χ1n) is 7.21. The van der Waals surface area contributed by atoms with Gasteiger partial charge in [-0.25, -0.2) is 4.98 Å². The van der Waals surface area contributed by atoms with Gasteiger partial charge in [-0.3, -0.25) is 0 Å². The Labute approximate surface area is 120 Å². The number of nitrogens with zero attached hydrogens (tertiary/aromatic N) is 2. The molecule has 1 aromatic heterocycles. The average Bonchev–Trinajstić information content (AvgIpc) is 2.94. The number of nitrogens with one attached hydrogen (secondary N) is 1. The summed E-state index contributed by atoms with van der Waals surface area (Å²) in [6.45, 7) is 4.27. The number of unbranched alkanes of at least 4 members (excludes halogenated alkanes) is 1. The third kappa shape index (κ3) is 5.05. The molecule has 1 unspecified atom stereocenters. The van der Waals surface area contributed by atoms with Crippen LogP contribution in [0.3, 0.4) is 0 Å². The first-order valence-corrected chi connectivity index (χ1v) is 7.21. The van der Waals surface area contributed by atoms with Crippen molar-refractivity contribution in [1.82, 2.24) is 14.9 Å². The van der Waals surface area contributed by atoms with Gasteiger partial charge in [0.25, 0.3) is 0 Å². The number of hydrogen-bond acceptors (Lipinski definition) is 3. The topological polar surface area (TPSA) is 50.1 Å². The van der Waals surface area contributed by atoms with Crippen molar-refractivity contribution in [2.75, 3.05) is 6.54 Å². The smallest absolute Gasteiger partial charge is 0.115 e. The van der Waals surface area contributed by atoms with Crippen molar-refractivity contribution >= 4 is 0 Å². The molecule has 0 fully saturated rings. The number of benzene rings is 1. The molecule has 0 saturated heterocycles. The zero-order chi connectivity index (χ0) is 14.2. The van der Waals surface area contributed by atoms with Gasteiger partial charge in [0.2, 0.25) is 0 Å². The number of aromatic hydroxyl groups is 1. The van der Waals surface area contributed by atoms with Gasteiger partial charge in [0.15, 0.2) is 0 Å². The quantitative estimate of drug-likeness (QED) is 0.727. The Bertz CT molecular complexity index is 479. The molecule has 0 aliphatic rings. The molecule has 1 aromatic carbocycles. The summed E-state index contributed by atoms with van der Waals surface area (Å²) >= 11 is 0. The summed E-state index contributed by atoms with van der Waals surface area (Å²) in [5.41, 5.74) is 1.25. The Morgan fingerprint density at radius 1 is 1.25 bits per heavy atom. The van der Waals surface area contributed by atoms with E-state index in [-0.39, 0.29) is 0 Å². The van der Waals surface area contributed by atoms with E-state index in [1.807, 2.05) is 30.9 Å². The fourth-order valence-corrected chi connectivity index (χ4v) is 2.24. The predicted molar refractivity (Wildman–Crippen MR) is 80.7 cm³/mol. The van der Waals surface area contributed by atoms with E-state index in [1.165, 1.54) is 5.56 Å². The molecular formula is C16H23N3O. The average molecular weight is 273 g/mol. The maximum Gasteiger partial charge on any atom is 0.115 e. The summed E-state index contributed by atoms with van der Waals surface area (Å²) in [6.07, 6.45) is 8.99. The number of imidazole rings is 1. The second-order valence-electron chi connectivity index (χ2n) is 5.23. The van der Waals surface area contributed by atoms with E-state index in [1.54, 1.807) is 12.1 Å². The summed E-state index contributed by atoms with van der Waals surface area (Å²) in [6, 6.07) is 7.90. The van der Waals surface area contributed by atoms with E-state index in [9.17, 15) is 5.11 Å². The van der Waals surface area contributed by atoms with Gasteiger partial charge in [-0.2, -0.15) is 0 Å². The molecule has 1 atom stereocenters. The van der Waals surface area contributed by atoms with E-state index in [0.717, 1.165) is 32.4 Å². The van der Waals surface area contributed by atoms with E-state index >= 15 is 0 Å². The van der Waals surface area contributed by atoms with E-state index in [0.29, 0.717) is 11.8 Å². The Balaban J connectivity index is 1.58. The Hall–Kier alpha value is -1.81. The molecule has 2 N–H and O–H groups in total. The molecule has 1 heterocycles. The van der Waals surface area contributed by atoms with Crippen LogP contribution in [0.4, 0.5) is 0 Å². The fraction of sp³-hybridized carbons (Fsp3) is 0.438. The van der Waals surface area contributed by atoms with Crippen LogP contribution in [0.15, 0.2) is 43.0 Å². The molecular weight excluding hydrogens is 250 g/mol. The Morgan fingerprint density at radius 2 is 2.05 bits per heavy atom. The van der Waals surface area contributed by atoms with E-state index < -0.39 is 0 Å². The van der Waals surface area contributed by atoms with Crippen LogP contribution in [0.2, 0.25) is 0 Å². The first-order chi connectivity index (χ1) is 9.74. The molecule has 108 valence electrons. The normalized spacial score (nSPS) is 12.4. The zero-order valence-electron chi connectivity index (χ0n) is 12.0. The molecule has 0 amide bonds. The highest BCUT2D eigenvalue weighted by Crippen LogP contribution is 2.11. The maximum atomic E-state index is 9.25. The summed E-state index contributed by atoms with van der Waals surface area (Å²) in [7, 11) is 0. The minimum atomic E-state index is 0.328. The third-order valence-electron chi connectivity index (χ3n) is 3.37. The number of aryl methyl sites for hydroxylation is 1. The highest BCUT2D eigenvalue weighted by molar-refractivity contribution is 5.26. The lowest BCUT2D eigenvalue weighted by Crippen LogP contribution is -2.29. The number of phenolic OH excluding ortho intramolecular Hbond substituents is 1. The largest absolute Gasteiger partial charge is 0.508 e. The monoisotopic (exact) mass is 273 g/mol. The predicted octanol–water partition coefficient (Wildman–Crippen LogP) is 2.59. The van der Waals surface area contributed by atoms with Gasteiger partial charge >= 0.3 is 0 Å². The lowest BCUT2D eigenvalue weighted by molar-refractivity contribution is 0.474. The van der Waals surface area contributed by atoms with E-state index in [4.69, 9.17) is 0 Å². The minimum Gasteiger partial charge on any atom is -0.508 e. The number of aromatic nitrogens is 2. The van der Waals surface area contributed by atoms with Crippen LogP contribution in [0, 0.1) is 0 Å². The molecule has 0 saturated carbocycles. The zero-order valence-corrected chi connectivity index (χ0v) is 12.0. The molecule has 0 radical (unpaired) electrons. The molecule has 0 aliphatic carbocycles. The van der Waals surface area contributed by atoms with Crippen LogP contribution < -0.4 is 5.32 Å². The van der Waals surface area contributed by atoms with Crippen LogP contribution in [0.5, 0.6) is 5.75 Å². The summed E-state index contributed by atoms with van der Waals surface area (Å²) in [4.78, 5) is 4.03. The number of rotatable bonds is 8. The molecule has 4 nitrogen and oxygen atoms in total. The van der Waals surface area contributed by atoms with Gasteiger partial charge in [0.05, 0.1) is 6.33 Å². The Kier molecular flexibility index (Phi) is 5.62. The molecule has 20 heavy (non-hydrogen) atoms. The van der Waals surface area contributed by atoms with Crippen molar-refractivity contribution in [3.8, 4) is 5.75 Å². The van der Waals surface area contributed by atoms with Crippen molar-refractivity contribution in [3.63, 3.8) is 0 Å². The second kappa shape index (κ2) is 7.70. The highest BCUT2D eigenvalue weighted by Gasteiger charge is 2.02. The number of phenols is 1. The van der Waals surface area contributed by atoms with Crippen LogP contribution in [0.1, 0.15) is 25.3 Å². The standard InChI is InChI=1S/C16H23N3O/c1-14(12-15-4-6-16(20)7-5-15)18-8-2-3-10-19-11-9-17-13-19/h4-7,9,11,13-14,18,20H,2-3,8,10,12H2,1H3. The number of hydrogen-bond donors (Lipinski definition) is 2. The Morgan fingerprint density at radius 3 is 2.75 bits per heavy atom. The molecule has 2 rings (SSSR count). The minimum absolute atomic E-state index is 0.328. The second-order valence-corrected chi connectivity index (χ2v) is 5.23. The van der Waals surface area contributed by atoms with E-state index in [2.05, 4.69) is 21.8 Å². The fourth-order valence-electron chi connectivity index (χ4n) is 2.24. The van der Waals surface area contributed by atoms with Crippen LogP contribution in [-0.4, -0.2) is 27.2 Å². The molecule has 4 heteroatoms. The van der Waals surface area contributed by atoms with Crippen LogP contribution >= 0.6 is 0 Å². The van der Waals surface area contributed by atoms with Crippen LogP contribution in [0.25, 0.3) is 0 Å². The lowest BCUT2D eigenvalue weighted by Gasteiger charge is -2.14. The van der Waals surface area contributed by atoms with Gasteiger partial charge in [-0.15, -0.1) is 0 Å². The summed E-state index contributed by atoms with van der Waals surface area (Å²) in [5, 5.41) is 12.8. The molecule has 0 aliphatic heterocycles. The van der Waals surface area contributed by atoms with Gasteiger partial charge < -0.3 is 15.0 Å². The van der Waals surface area contributed by atoms with Gasteiger partial charge in [0, 0.05) is 25.0 Å². The maximum absolute atomic E-state index is 9.25.